The van der Waals surface area contributed by atoms with E-state index in [1.165, 1.54) is 0 Å². The summed E-state index contributed by atoms with van der Waals surface area (Å²) in [6, 6.07) is 10.7. The van der Waals surface area contributed by atoms with Gasteiger partial charge in [-0.3, -0.25) is 5.43 Å². The number of hydrazone groups is 1. The Kier molecular flexibility index (Phi) is 3.34. The molecule has 18 heavy (non-hydrogen) atoms. The zero-order valence-electron chi connectivity index (χ0n) is 9.25. The largest absolute Gasteiger partial charge is 0.345 e. The Hall–Kier alpha value is -3.12. The summed E-state index contributed by atoms with van der Waals surface area (Å²) in [7, 11) is 0. The van der Waals surface area contributed by atoms with Gasteiger partial charge in [0.15, 0.2) is 0 Å². The van der Waals surface area contributed by atoms with Gasteiger partial charge in [0.25, 0.3) is 0 Å². The lowest BCUT2D eigenvalue weighted by Gasteiger charge is -2.02. The smallest absolute Gasteiger partial charge is 0.237 e. The van der Waals surface area contributed by atoms with Crippen LogP contribution in [0.1, 0.15) is 0 Å². The molecular formula is C12H8N6. The fraction of sp³-hybridized carbons (Fsp3) is 0. The molecule has 0 bridgehead atoms. The third-order valence-corrected chi connectivity index (χ3v) is 2.18. The number of imidazole rings is 1. The van der Waals surface area contributed by atoms with E-state index < -0.39 is 0 Å². The van der Waals surface area contributed by atoms with E-state index in [9.17, 15) is 0 Å². The second kappa shape index (κ2) is 5.28. The molecule has 0 atom stereocenters. The van der Waals surface area contributed by atoms with E-state index in [0.29, 0.717) is 5.69 Å². The van der Waals surface area contributed by atoms with Crippen LogP contribution in [0.3, 0.4) is 0 Å². The fourth-order valence-corrected chi connectivity index (χ4v) is 1.37. The van der Waals surface area contributed by atoms with Crippen molar-refractivity contribution in [1.29, 1.82) is 10.5 Å². The summed E-state index contributed by atoms with van der Waals surface area (Å²) in [6.45, 7) is 0. The standard InChI is InChI=1S/C12H8N6/c13-5-11(6-14)18-17-10-3-1-2-9(4-10)12-7-15-8-16-12/h1-4,7-8,17H,(H,15,16). The second-order valence-corrected chi connectivity index (χ2v) is 3.34. The molecule has 0 saturated heterocycles. The van der Waals surface area contributed by atoms with Gasteiger partial charge in [-0.05, 0) is 12.1 Å². The van der Waals surface area contributed by atoms with Crippen LogP contribution in [0.4, 0.5) is 5.69 Å². The van der Waals surface area contributed by atoms with Gasteiger partial charge in [0.05, 0.1) is 23.9 Å². The zero-order valence-corrected chi connectivity index (χ0v) is 9.25. The molecule has 2 rings (SSSR count). The van der Waals surface area contributed by atoms with Crippen molar-refractivity contribution >= 4 is 11.4 Å². The van der Waals surface area contributed by atoms with Gasteiger partial charge >= 0.3 is 0 Å². The number of nitrogens with zero attached hydrogens (tertiary/aromatic N) is 4. The van der Waals surface area contributed by atoms with Crippen molar-refractivity contribution in [2.24, 2.45) is 5.10 Å². The fourth-order valence-electron chi connectivity index (χ4n) is 1.37. The van der Waals surface area contributed by atoms with E-state index >= 15 is 0 Å². The number of aromatic nitrogens is 2. The van der Waals surface area contributed by atoms with Gasteiger partial charge in [-0.1, -0.05) is 12.1 Å². The summed E-state index contributed by atoms with van der Waals surface area (Å²) < 4.78 is 0. The van der Waals surface area contributed by atoms with Gasteiger partial charge < -0.3 is 4.98 Å². The lowest BCUT2D eigenvalue weighted by molar-refractivity contribution is 1.31. The Labute approximate surface area is 103 Å². The molecule has 0 saturated carbocycles. The highest BCUT2D eigenvalue weighted by molar-refractivity contribution is 6.10. The molecular weight excluding hydrogens is 228 g/mol. The van der Waals surface area contributed by atoms with E-state index in [-0.39, 0.29) is 5.71 Å². The van der Waals surface area contributed by atoms with E-state index in [1.54, 1.807) is 30.7 Å². The van der Waals surface area contributed by atoms with Gasteiger partial charge in [-0.25, -0.2) is 4.98 Å². The summed E-state index contributed by atoms with van der Waals surface area (Å²) in [5.74, 6) is 0. The number of benzene rings is 1. The van der Waals surface area contributed by atoms with Gasteiger partial charge in [0, 0.05) is 5.56 Å². The number of hydrogen-bond acceptors (Lipinski definition) is 5. The molecule has 0 amide bonds. The van der Waals surface area contributed by atoms with Crippen molar-refractivity contribution in [1.82, 2.24) is 9.97 Å². The number of rotatable bonds is 3. The molecule has 0 radical (unpaired) electrons. The van der Waals surface area contributed by atoms with Crippen LogP contribution in [-0.2, 0) is 0 Å². The van der Waals surface area contributed by atoms with Crippen molar-refractivity contribution in [3.8, 4) is 23.4 Å². The van der Waals surface area contributed by atoms with Crippen molar-refractivity contribution in [3.05, 3.63) is 36.8 Å². The molecule has 0 unspecified atom stereocenters. The van der Waals surface area contributed by atoms with Crippen LogP contribution >= 0.6 is 0 Å². The molecule has 0 spiro atoms. The summed E-state index contributed by atoms with van der Waals surface area (Å²) in [5, 5.41) is 20.8. The predicted octanol–water partition coefficient (Wildman–Crippen LogP) is 1.89. The molecule has 1 aromatic heterocycles. The van der Waals surface area contributed by atoms with Gasteiger partial charge in [-0.15, -0.1) is 0 Å². The molecule has 0 aliphatic heterocycles. The van der Waals surface area contributed by atoms with Crippen LogP contribution in [0.25, 0.3) is 11.3 Å². The first-order valence-electron chi connectivity index (χ1n) is 5.06. The number of hydrogen-bond donors (Lipinski definition) is 2. The Bertz CT molecular complexity index is 626. The molecule has 6 nitrogen and oxygen atoms in total. The monoisotopic (exact) mass is 236 g/mol. The van der Waals surface area contributed by atoms with Crippen molar-refractivity contribution in [2.75, 3.05) is 5.43 Å². The van der Waals surface area contributed by atoms with Crippen LogP contribution in [0.15, 0.2) is 41.9 Å². The summed E-state index contributed by atoms with van der Waals surface area (Å²) in [6.07, 6.45) is 3.30. The number of nitrogens with one attached hydrogen (secondary N) is 2. The third kappa shape index (κ3) is 2.52. The molecule has 0 aliphatic rings. The van der Waals surface area contributed by atoms with Gasteiger partial charge in [0.1, 0.15) is 12.1 Å². The Morgan fingerprint density at radius 2 is 2.17 bits per heavy atom. The van der Waals surface area contributed by atoms with E-state index in [0.717, 1.165) is 11.3 Å². The first-order chi connectivity index (χ1) is 8.83. The van der Waals surface area contributed by atoms with E-state index in [4.69, 9.17) is 10.5 Å². The highest BCUT2D eigenvalue weighted by Crippen LogP contribution is 2.19. The van der Waals surface area contributed by atoms with Crippen molar-refractivity contribution in [3.63, 3.8) is 0 Å². The summed E-state index contributed by atoms with van der Waals surface area (Å²) in [4.78, 5) is 6.93. The van der Waals surface area contributed by atoms with Crippen LogP contribution in [0.2, 0.25) is 0 Å². The number of aromatic amines is 1. The Morgan fingerprint density at radius 3 is 2.83 bits per heavy atom. The normalized spacial score (nSPS) is 9.00. The van der Waals surface area contributed by atoms with Crippen LogP contribution < -0.4 is 5.43 Å². The Morgan fingerprint density at radius 1 is 1.33 bits per heavy atom. The second-order valence-electron chi connectivity index (χ2n) is 3.34. The highest BCUT2D eigenvalue weighted by Gasteiger charge is 2.00. The van der Waals surface area contributed by atoms with Crippen molar-refractivity contribution in [2.45, 2.75) is 0 Å². The number of H-pyrrole nitrogens is 1. The molecule has 2 N–H and O–H groups in total. The van der Waals surface area contributed by atoms with Crippen LogP contribution in [0, 0.1) is 22.7 Å². The molecule has 86 valence electrons. The maximum Gasteiger partial charge on any atom is 0.237 e. The summed E-state index contributed by atoms with van der Waals surface area (Å²) in [5.41, 5.74) is 4.93. The molecule has 1 aromatic carbocycles. The average molecular weight is 236 g/mol. The number of anilines is 1. The first kappa shape index (κ1) is 11.4. The van der Waals surface area contributed by atoms with Crippen LogP contribution in [0.5, 0.6) is 0 Å². The van der Waals surface area contributed by atoms with Gasteiger partial charge in [0.2, 0.25) is 5.71 Å². The Balaban J connectivity index is 2.22. The molecule has 0 aliphatic carbocycles. The molecule has 6 heteroatoms. The third-order valence-electron chi connectivity index (χ3n) is 2.18. The van der Waals surface area contributed by atoms with E-state index in [2.05, 4.69) is 20.5 Å². The topological polar surface area (TPSA) is 101 Å². The zero-order chi connectivity index (χ0) is 12.8. The van der Waals surface area contributed by atoms with Gasteiger partial charge in [-0.2, -0.15) is 15.6 Å². The highest BCUT2D eigenvalue weighted by atomic mass is 15.3. The number of nitriles is 2. The SMILES string of the molecule is N#CC(C#N)=NNc1cccc(-c2cnc[nH]2)c1. The minimum absolute atomic E-state index is 0.220. The molecule has 2 aromatic rings. The minimum Gasteiger partial charge on any atom is -0.345 e. The molecule has 0 fully saturated rings. The average Bonchev–Trinajstić information content (AvgIpc) is 2.94. The van der Waals surface area contributed by atoms with E-state index in [1.807, 2.05) is 18.2 Å². The first-order valence-corrected chi connectivity index (χ1v) is 5.06. The maximum absolute atomic E-state index is 8.55. The maximum atomic E-state index is 8.55. The lowest BCUT2D eigenvalue weighted by Crippen LogP contribution is -1.96. The lowest BCUT2D eigenvalue weighted by atomic mass is 10.1. The van der Waals surface area contributed by atoms with Crippen LogP contribution in [-0.4, -0.2) is 15.7 Å². The molecule has 1 heterocycles. The minimum atomic E-state index is -0.220. The summed E-state index contributed by atoms with van der Waals surface area (Å²) >= 11 is 0. The van der Waals surface area contributed by atoms with Crippen molar-refractivity contribution < 1.29 is 0 Å². The quantitative estimate of drug-likeness (QED) is 0.627. The predicted molar refractivity (Wildman–Crippen MR) is 66.3 cm³/mol.